The number of alkyl halides is 2. The molecule has 1 aromatic carbocycles. The highest BCUT2D eigenvalue weighted by Crippen LogP contribution is 2.26. The van der Waals surface area contributed by atoms with Gasteiger partial charge in [-0.05, 0) is 30.2 Å². The molecular formula is C13H15Br2N. The van der Waals surface area contributed by atoms with Crippen LogP contribution in [0.5, 0.6) is 0 Å². The van der Waals surface area contributed by atoms with Crippen molar-refractivity contribution in [2.75, 3.05) is 28.6 Å². The van der Waals surface area contributed by atoms with Crippen molar-refractivity contribution < 1.29 is 0 Å². The van der Waals surface area contributed by atoms with Gasteiger partial charge in [0.2, 0.25) is 0 Å². The molecule has 1 aromatic rings. The molecular weight excluding hydrogens is 330 g/mol. The molecule has 0 spiro atoms. The first-order valence-electron chi connectivity index (χ1n) is 5.38. The Morgan fingerprint density at radius 1 is 1.00 bits per heavy atom. The number of halogens is 2. The Hall–Kier alpha value is -0.280. The summed E-state index contributed by atoms with van der Waals surface area (Å²) in [4.78, 5) is 2.42. The summed E-state index contributed by atoms with van der Waals surface area (Å²) in [5, 5.41) is 1.96. The lowest BCUT2D eigenvalue weighted by atomic mass is 10.2. The monoisotopic (exact) mass is 343 g/mol. The molecule has 1 nitrogen and oxygen atoms in total. The van der Waals surface area contributed by atoms with Crippen LogP contribution in [0.1, 0.15) is 5.56 Å². The van der Waals surface area contributed by atoms with Gasteiger partial charge in [0.25, 0.3) is 0 Å². The number of aryl methyl sites for hydroxylation is 1. The summed E-state index contributed by atoms with van der Waals surface area (Å²) in [6.45, 7) is 4.23. The topological polar surface area (TPSA) is 3.24 Å². The molecule has 0 N–H and O–H groups in total. The van der Waals surface area contributed by atoms with E-state index in [0.29, 0.717) is 0 Å². The molecule has 2 rings (SSSR count). The van der Waals surface area contributed by atoms with Crippen molar-refractivity contribution in [1.82, 2.24) is 0 Å². The predicted octanol–water partition coefficient (Wildman–Crippen LogP) is 3.90. The van der Waals surface area contributed by atoms with Crippen LogP contribution in [0.25, 0.3) is 0 Å². The highest BCUT2D eigenvalue weighted by Gasteiger charge is 2.20. The summed E-state index contributed by atoms with van der Waals surface area (Å²) >= 11 is 7.13. The Bertz CT molecular complexity index is 379. The average molecular weight is 345 g/mol. The molecule has 1 aliphatic rings. The first-order valence-corrected chi connectivity index (χ1v) is 7.62. The summed E-state index contributed by atoms with van der Waals surface area (Å²) in [7, 11) is 0. The van der Waals surface area contributed by atoms with Gasteiger partial charge in [-0.25, -0.2) is 0 Å². The number of hydrogen-bond acceptors (Lipinski definition) is 1. The van der Waals surface area contributed by atoms with Crippen molar-refractivity contribution in [3.63, 3.8) is 0 Å². The average Bonchev–Trinajstić information content (AvgIpc) is 2.73. The van der Waals surface area contributed by atoms with E-state index < -0.39 is 0 Å². The first kappa shape index (κ1) is 12.2. The predicted molar refractivity (Wildman–Crippen MR) is 78.0 cm³/mol. The van der Waals surface area contributed by atoms with E-state index in [2.05, 4.69) is 67.9 Å². The van der Waals surface area contributed by atoms with Gasteiger partial charge in [0, 0.05) is 29.4 Å². The van der Waals surface area contributed by atoms with Crippen LogP contribution in [-0.4, -0.2) is 23.7 Å². The second-order valence-electron chi connectivity index (χ2n) is 4.17. The second kappa shape index (κ2) is 5.37. The maximum atomic E-state index is 3.56. The van der Waals surface area contributed by atoms with E-state index in [4.69, 9.17) is 0 Å². The molecule has 1 heterocycles. The maximum Gasteiger partial charge on any atom is 0.0404 e. The summed E-state index contributed by atoms with van der Waals surface area (Å²) in [6, 6.07) is 8.77. The largest absolute Gasteiger partial charge is 0.363 e. The molecule has 16 heavy (non-hydrogen) atoms. The molecule has 0 bridgehead atoms. The Morgan fingerprint density at radius 2 is 1.50 bits per heavy atom. The molecule has 3 heteroatoms. The van der Waals surface area contributed by atoms with Crippen molar-refractivity contribution in [1.29, 1.82) is 0 Å². The minimum atomic E-state index is 0.982. The van der Waals surface area contributed by atoms with Crippen LogP contribution in [0, 0.1) is 6.92 Å². The van der Waals surface area contributed by atoms with E-state index in [0.717, 1.165) is 23.7 Å². The Labute approximate surface area is 114 Å². The van der Waals surface area contributed by atoms with E-state index in [1.165, 1.54) is 22.4 Å². The van der Waals surface area contributed by atoms with Crippen LogP contribution in [0.15, 0.2) is 35.4 Å². The van der Waals surface area contributed by atoms with E-state index in [1.54, 1.807) is 0 Å². The van der Waals surface area contributed by atoms with Crippen molar-refractivity contribution in [3.05, 3.63) is 41.0 Å². The van der Waals surface area contributed by atoms with Crippen LogP contribution < -0.4 is 4.90 Å². The highest BCUT2D eigenvalue weighted by molar-refractivity contribution is 9.09. The lowest BCUT2D eigenvalue weighted by Gasteiger charge is -2.19. The molecule has 0 saturated heterocycles. The molecule has 0 unspecified atom stereocenters. The Kier molecular flexibility index (Phi) is 4.09. The SMILES string of the molecule is Cc1ccc(N2CC(CBr)=C(CBr)C2)cc1. The third-order valence-corrected chi connectivity index (χ3v) is 4.34. The fraction of sp³-hybridized carbons (Fsp3) is 0.385. The number of anilines is 1. The van der Waals surface area contributed by atoms with Crippen LogP contribution in [0.3, 0.4) is 0 Å². The van der Waals surface area contributed by atoms with Gasteiger partial charge < -0.3 is 4.90 Å². The third-order valence-electron chi connectivity index (χ3n) is 2.99. The summed E-state index contributed by atoms with van der Waals surface area (Å²) in [5.74, 6) is 0. The normalized spacial score (nSPS) is 16.1. The van der Waals surface area contributed by atoms with Crippen LogP contribution in [0.2, 0.25) is 0 Å². The number of benzene rings is 1. The minimum Gasteiger partial charge on any atom is -0.363 e. The van der Waals surface area contributed by atoms with Gasteiger partial charge >= 0.3 is 0 Å². The van der Waals surface area contributed by atoms with Crippen molar-refractivity contribution in [3.8, 4) is 0 Å². The number of hydrogen-bond donors (Lipinski definition) is 0. The van der Waals surface area contributed by atoms with Crippen LogP contribution >= 0.6 is 31.9 Å². The van der Waals surface area contributed by atoms with Crippen molar-refractivity contribution >= 4 is 37.5 Å². The fourth-order valence-corrected chi connectivity index (χ4v) is 3.10. The van der Waals surface area contributed by atoms with Gasteiger partial charge in [0.15, 0.2) is 0 Å². The Balaban J connectivity index is 2.13. The Morgan fingerprint density at radius 3 is 1.94 bits per heavy atom. The van der Waals surface area contributed by atoms with Gasteiger partial charge in [-0.3, -0.25) is 0 Å². The van der Waals surface area contributed by atoms with Gasteiger partial charge in [-0.15, -0.1) is 0 Å². The van der Waals surface area contributed by atoms with E-state index in [-0.39, 0.29) is 0 Å². The van der Waals surface area contributed by atoms with E-state index in [9.17, 15) is 0 Å². The van der Waals surface area contributed by atoms with Gasteiger partial charge in [0.1, 0.15) is 0 Å². The van der Waals surface area contributed by atoms with E-state index >= 15 is 0 Å². The molecule has 1 aliphatic heterocycles. The third kappa shape index (κ3) is 2.51. The number of nitrogens with zero attached hydrogens (tertiary/aromatic N) is 1. The second-order valence-corrected chi connectivity index (χ2v) is 5.29. The van der Waals surface area contributed by atoms with Crippen LogP contribution in [0.4, 0.5) is 5.69 Å². The lowest BCUT2D eigenvalue weighted by Crippen LogP contribution is -2.20. The molecule has 0 amide bonds. The number of rotatable bonds is 3. The zero-order valence-corrected chi connectivity index (χ0v) is 12.5. The molecule has 0 fully saturated rings. The van der Waals surface area contributed by atoms with Crippen molar-refractivity contribution in [2.45, 2.75) is 6.92 Å². The summed E-state index contributed by atoms with van der Waals surface area (Å²) in [5.41, 5.74) is 5.66. The van der Waals surface area contributed by atoms with Crippen molar-refractivity contribution in [2.24, 2.45) is 0 Å². The lowest BCUT2D eigenvalue weighted by molar-refractivity contribution is 0.976. The highest BCUT2D eigenvalue weighted by atomic mass is 79.9. The quantitative estimate of drug-likeness (QED) is 0.593. The summed E-state index contributed by atoms with van der Waals surface area (Å²) < 4.78 is 0. The maximum absolute atomic E-state index is 3.56. The zero-order valence-electron chi connectivity index (χ0n) is 9.34. The molecule has 0 saturated carbocycles. The van der Waals surface area contributed by atoms with Gasteiger partial charge in [-0.1, -0.05) is 49.6 Å². The summed E-state index contributed by atoms with van der Waals surface area (Å²) in [6.07, 6.45) is 0. The fourth-order valence-electron chi connectivity index (χ4n) is 1.95. The first-order chi connectivity index (χ1) is 7.74. The van der Waals surface area contributed by atoms with E-state index in [1.807, 2.05) is 0 Å². The molecule has 0 aliphatic carbocycles. The van der Waals surface area contributed by atoms with Gasteiger partial charge in [0.05, 0.1) is 0 Å². The minimum absolute atomic E-state index is 0.982. The van der Waals surface area contributed by atoms with Gasteiger partial charge in [-0.2, -0.15) is 0 Å². The molecule has 0 atom stereocenters. The standard InChI is InChI=1S/C13H15Br2N/c1-10-2-4-13(5-3-10)16-8-11(6-14)12(7-15)9-16/h2-5H,6-9H2,1H3. The zero-order chi connectivity index (χ0) is 11.5. The molecule has 0 aromatic heterocycles. The smallest absolute Gasteiger partial charge is 0.0404 e. The molecule has 0 radical (unpaired) electrons. The molecule has 86 valence electrons. The van der Waals surface area contributed by atoms with Crippen LogP contribution in [-0.2, 0) is 0 Å².